The number of nitrogens with one attached hydrogen (secondary N) is 1. The van der Waals surface area contributed by atoms with Crippen molar-refractivity contribution < 1.29 is 24.2 Å². The Morgan fingerprint density at radius 1 is 1.15 bits per heavy atom. The molecule has 9 heteroatoms. The molecular formula is C24H22N4O5. The van der Waals surface area contributed by atoms with Crippen LogP contribution in [0.2, 0.25) is 0 Å². The van der Waals surface area contributed by atoms with Gasteiger partial charge in [0.05, 0.1) is 18.7 Å². The lowest BCUT2D eigenvalue weighted by atomic mass is 9.95. The maximum Gasteiger partial charge on any atom is 0.354 e. The van der Waals surface area contributed by atoms with E-state index in [0.717, 1.165) is 5.56 Å². The third-order valence-electron chi connectivity index (χ3n) is 5.68. The molecule has 1 amide bonds. The van der Waals surface area contributed by atoms with Crippen molar-refractivity contribution in [2.75, 3.05) is 7.11 Å². The summed E-state index contributed by atoms with van der Waals surface area (Å²) >= 11 is 0. The third kappa shape index (κ3) is 3.78. The van der Waals surface area contributed by atoms with Crippen LogP contribution in [0.25, 0.3) is 5.76 Å². The SMILES string of the molecule is COC(=O)c1[nH]c(C)c(/C(O)=C2\C(=O)C(=O)N(Cc3cccnc3)[C@H]2c2cccnc2)c1C. The fourth-order valence-corrected chi connectivity index (χ4v) is 4.16. The van der Waals surface area contributed by atoms with Crippen LogP contribution < -0.4 is 0 Å². The number of nitrogens with zero attached hydrogens (tertiary/aromatic N) is 3. The molecule has 4 heterocycles. The molecule has 1 aliphatic rings. The van der Waals surface area contributed by atoms with Crippen molar-refractivity contribution in [1.82, 2.24) is 19.9 Å². The average Bonchev–Trinajstić information content (AvgIpc) is 3.27. The van der Waals surface area contributed by atoms with Crippen molar-refractivity contribution in [2.45, 2.75) is 26.4 Å². The van der Waals surface area contributed by atoms with Gasteiger partial charge in [-0.25, -0.2) is 4.79 Å². The summed E-state index contributed by atoms with van der Waals surface area (Å²) in [6.45, 7) is 3.42. The number of Topliss-reactive ketones (excluding diaryl/α,β-unsaturated/α-hetero) is 1. The monoisotopic (exact) mass is 446 g/mol. The number of aryl methyl sites for hydroxylation is 1. The van der Waals surface area contributed by atoms with Gasteiger partial charge in [-0.3, -0.25) is 19.6 Å². The zero-order chi connectivity index (χ0) is 23.7. The lowest BCUT2D eigenvalue weighted by Crippen LogP contribution is -2.29. The number of likely N-dealkylation sites (tertiary alicyclic amines) is 1. The van der Waals surface area contributed by atoms with Crippen LogP contribution in [0.15, 0.2) is 54.6 Å². The van der Waals surface area contributed by atoms with E-state index in [1.807, 2.05) is 0 Å². The molecule has 0 saturated carbocycles. The number of hydrogen-bond acceptors (Lipinski definition) is 7. The van der Waals surface area contributed by atoms with Gasteiger partial charge in [0.25, 0.3) is 11.7 Å². The van der Waals surface area contributed by atoms with Gasteiger partial charge in [-0.15, -0.1) is 0 Å². The van der Waals surface area contributed by atoms with Gasteiger partial charge in [0, 0.05) is 42.6 Å². The Bertz CT molecular complexity index is 1260. The van der Waals surface area contributed by atoms with E-state index in [1.54, 1.807) is 62.9 Å². The second kappa shape index (κ2) is 8.70. The number of carbonyl (C=O) groups is 3. The van der Waals surface area contributed by atoms with E-state index >= 15 is 0 Å². The van der Waals surface area contributed by atoms with E-state index < -0.39 is 23.7 Å². The highest BCUT2D eigenvalue weighted by atomic mass is 16.5. The maximum atomic E-state index is 13.2. The lowest BCUT2D eigenvalue weighted by Gasteiger charge is -2.25. The number of pyridine rings is 2. The number of ketones is 1. The smallest absolute Gasteiger partial charge is 0.354 e. The zero-order valence-corrected chi connectivity index (χ0v) is 18.3. The molecule has 33 heavy (non-hydrogen) atoms. The summed E-state index contributed by atoms with van der Waals surface area (Å²) in [5.74, 6) is -2.52. The topological polar surface area (TPSA) is 125 Å². The van der Waals surface area contributed by atoms with Crippen molar-refractivity contribution in [1.29, 1.82) is 0 Å². The number of aliphatic hydroxyl groups is 1. The van der Waals surface area contributed by atoms with Gasteiger partial charge < -0.3 is 19.7 Å². The summed E-state index contributed by atoms with van der Waals surface area (Å²) in [7, 11) is 1.25. The minimum atomic E-state index is -0.866. The molecule has 1 saturated heterocycles. The van der Waals surface area contributed by atoms with E-state index in [2.05, 4.69) is 15.0 Å². The number of hydrogen-bond donors (Lipinski definition) is 2. The molecule has 3 aromatic rings. The summed E-state index contributed by atoms with van der Waals surface area (Å²) in [4.78, 5) is 50.9. The first-order valence-corrected chi connectivity index (χ1v) is 10.2. The molecule has 9 nitrogen and oxygen atoms in total. The molecule has 0 spiro atoms. The lowest BCUT2D eigenvalue weighted by molar-refractivity contribution is -0.140. The Kier molecular flexibility index (Phi) is 5.78. The molecule has 1 fully saturated rings. The second-order valence-corrected chi connectivity index (χ2v) is 7.69. The number of aliphatic hydroxyl groups excluding tert-OH is 1. The predicted octanol–water partition coefficient (Wildman–Crippen LogP) is 2.83. The number of ether oxygens (including phenoxy) is 1. The Labute approximate surface area is 189 Å². The van der Waals surface area contributed by atoms with Gasteiger partial charge >= 0.3 is 5.97 Å². The number of esters is 1. The molecule has 0 bridgehead atoms. The van der Waals surface area contributed by atoms with Crippen molar-refractivity contribution in [3.63, 3.8) is 0 Å². The van der Waals surface area contributed by atoms with Crippen LogP contribution in [0.3, 0.4) is 0 Å². The predicted molar refractivity (Wildman–Crippen MR) is 118 cm³/mol. The average molecular weight is 446 g/mol. The van der Waals surface area contributed by atoms with Crippen LogP contribution in [-0.2, 0) is 20.9 Å². The van der Waals surface area contributed by atoms with Gasteiger partial charge in [-0.1, -0.05) is 12.1 Å². The number of aromatic nitrogens is 3. The quantitative estimate of drug-likeness (QED) is 0.267. The van der Waals surface area contributed by atoms with E-state index in [-0.39, 0.29) is 29.1 Å². The molecule has 0 radical (unpaired) electrons. The molecule has 0 unspecified atom stereocenters. The molecular weight excluding hydrogens is 424 g/mol. The Balaban J connectivity index is 1.90. The first-order valence-electron chi connectivity index (χ1n) is 10.2. The molecule has 4 rings (SSSR count). The van der Waals surface area contributed by atoms with Gasteiger partial charge in [0.2, 0.25) is 0 Å². The number of rotatable bonds is 5. The van der Waals surface area contributed by atoms with Crippen LogP contribution in [0, 0.1) is 13.8 Å². The van der Waals surface area contributed by atoms with E-state index in [0.29, 0.717) is 16.8 Å². The van der Waals surface area contributed by atoms with Crippen molar-refractivity contribution in [3.8, 4) is 0 Å². The van der Waals surface area contributed by atoms with Crippen molar-refractivity contribution in [3.05, 3.63) is 88.3 Å². The molecule has 2 N–H and O–H groups in total. The third-order valence-corrected chi connectivity index (χ3v) is 5.68. The minimum Gasteiger partial charge on any atom is -0.507 e. The first kappa shape index (κ1) is 21.9. The Morgan fingerprint density at radius 3 is 2.45 bits per heavy atom. The summed E-state index contributed by atoms with van der Waals surface area (Å²) < 4.78 is 4.79. The highest BCUT2D eigenvalue weighted by Crippen LogP contribution is 2.41. The summed E-state index contributed by atoms with van der Waals surface area (Å²) in [5.41, 5.74) is 2.56. The van der Waals surface area contributed by atoms with Crippen molar-refractivity contribution in [2.24, 2.45) is 0 Å². The second-order valence-electron chi connectivity index (χ2n) is 7.69. The summed E-state index contributed by atoms with van der Waals surface area (Å²) in [6.07, 6.45) is 6.37. The Hall–Kier alpha value is -4.27. The summed E-state index contributed by atoms with van der Waals surface area (Å²) in [6, 6.07) is 6.11. The molecule has 0 aromatic carbocycles. The molecule has 3 aromatic heterocycles. The van der Waals surface area contributed by atoms with Gasteiger partial charge in [0.15, 0.2) is 0 Å². The van der Waals surface area contributed by atoms with Crippen LogP contribution in [-0.4, -0.2) is 49.7 Å². The van der Waals surface area contributed by atoms with Crippen LogP contribution in [0.1, 0.15) is 44.5 Å². The number of aromatic amines is 1. The largest absolute Gasteiger partial charge is 0.507 e. The maximum absolute atomic E-state index is 13.2. The summed E-state index contributed by atoms with van der Waals surface area (Å²) in [5, 5.41) is 11.3. The normalized spacial score (nSPS) is 17.4. The van der Waals surface area contributed by atoms with E-state index in [1.165, 1.54) is 12.0 Å². The number of carbonyl (C=O) groups excluding carboxylic acids is 3. The van der Waals surface area contributed by atoms with Gasteiger partial charge in [-0.2, -0.15) is 0 Å². The minimum absolute atomic E-state index is 0.0708. The number of amides is 1. The number of methoxy groups -OCH3 is 1. The molecule has 0 aliphatic carbocycles. The molecule has 1 atom stereocenters. The first-order chi connectivity index (χ1) is 15.8. The van der Waals surface area contributed by atoms with Crippen LogP contribution in [0.4, 0.5) is 0 Å². The van der Waals surface area contributed by atoms with Gasteiger partial charge in [0.1, 0.15) is 11.5 Å². The fourth-order valence-electron chi connectivity index (χ4n) is 4.16. The van der Waals surface area contributed by atoms with E-state index in [9.17, 15) is 19.5 Å². The van der Waals surface area contributed by atoms with E-state index in [4.69, 9.17) is 4.74 Å². The van der Waals surface area contributed by atoms with Crippen LogP contribution >= 0.6 is 0 Å². The van der Waals surface area contributed by atoms with Gasteiger partial charge in [-0.05, 0) is 42.7 Å². The highest BCUT2D eigenvalue weighted by Gasteiger charge is 2.46. The fraction of sp³-hybridized carbons (Fsp3) is 0.208. The highest BCUT2D eigenvalue weighted by molar-refractivity contribution is 6.46. The van der Waals surface area contributed by atoms with Crippen molar-refractivity contribution >= 4 is 23.4 Å². The Morgan fingerprint density at radius 2 is 1.85 bits per heavy atom. The standard InChI is InChI=1S/C24H22N4O5/c1-13-17(14(2)27-19(13)24(32)33-3)21(29)18-20(16-7-5-9-26-11-16)28(23(31)22(18)30)12-15-6-4-8-25-10-15/h4-11,20,27,29H,12H2,1-3H3/b21-18+/t20-/m0/s1. The van der Waals surface area contributed by atoms with Crippen LogP contribution in [0.5, 0.6) is 0 Å². The zero-order valence-electron chi connectivity index (χ0n) is 18.3. The number of H-pyrrole nitrogens is 1. The molecule has 1 aliphatic heterocycles. The molecule has 168 valence electrons.